The summed E-state index contributed by atoms with van der Waals surface area (Å²) in [5, 5.41) is 0. The third-order valence-corrected chi connectivity index (χ3v) is 0. The van der Waals surface area contributed by atoms with Crippen molar-refractivity contribution in [3.8, 4) is 0 Å². The monoisotopic (exact) mass is 123 g/mol. The zero-order valence-electron chi connectivity index (χ0n) is 1.99. The van der Waals surface area contributed by atoms with Gasteiger partial charge in [-0.15, -0.1) is 0 Å². The molecule has 0 saturated heterocycles. The van der Waals surface area contributed by atoms with E-state index in [1.54, 1.807) is 10.1 Å². The number of hydrogen-bond acceptors (Lipinski definition) is 1. The Kier molecular flexibility index (Phi) is 128. The fourth-order valence-corrected chi connectivity index (χ4v) is 0. The van der Waals surface area contributed by atoms with Gasteiger partial charge in [-0.3, -0.25) is 0 Å². The molecule has 0 aromatic carbocycles. The SMILES string of the molecule is O=[Si].[Mg].[Mn]. The molecule has 1 nitrogen and oxygen atoms in total. The average molecular weight is 123 g/mol. The summed E-state index contributed by atoms with van der Waals surface area (Å²) in [7, 11) is 1.72. The summed E-state index contributed by atoms with van der Waals surface area (Å²) in [4.78, 5) is 0. The fraction of sp³-hybridized carbons (Fsp3) is 0. The van der Waals surface area contributed by atoms with Crippen LogP contribution in [-0.2, 0) is 21.5 Å². The first-order chi connectivity index (χ1) is 1.00. The van der Waals surface area contributed by atoms with E-state index in [-0.39, 0.29) is 40.1 Å². The van der Waals surface area contributed by atoms with Crippen LogP contribution in [0.3, 0.4) is 0 Å². The molecule has 0 atom stereocenters. The summed E-state index contributed by atoms with van der Waals surface area (Å²) in [5.41, 5.74) is 0. The van der Waals surface area contributed by atoms with Crippen LogP contribution in [0.2, 0.25) is 0 Å². The van der Waals surface area contributed by atoms with Gasteiger partial charge in [-0.25, -0.2) is 0 Å². The molecule has 0 aromatic rings. The molecular formula is MgMnOSi. The molecule has 0 saturated carbocycles. The number of hydrogen-bond donors (Lipinski definition) is 0. The molecule has 0 heterocycles. The molecule has 4 heavy (non-hydrogen) atoms. The molecule has 0 spiro atoms. The van der Waals surface area contributed by atoms with Gasteiger partial charge >= 0.3 is 10.1 Å². The van der Waals surface area contributed by atoms with E-state index < -0.39 is 0 Å². The van der Waals surface area contributed by atoms with Crippen LogP contribution < -0.4 is 0 Å². The van der Waals surface area contributed by atoms with Gasteiger partial charge in [0.25, 0.3) is 0 Å². The van der Waals surface area contributed by atoms with Crippen LogP contribution in [0.5, 0.6) is 0 Å². The molecular weight excluding hydrogens is 123 g/mol. The Balaban J connectivity index is -0.00000000500. The molecule has 0 rings (SSSR count). The van der Waals surface area contributed by atoms with Crippen LogP contribution in [0.1, 0.15) is 0 Å². The third kappa shape index (κ3) is 10.3. The Hall–Kier alpha value is 1.30. The molecule has 0 aliphatic rings. The second kappa shape index (κ2) is 27.7. The maximum atomic E-state index is 8.06. The molecule has 0 unspecified atom stereocenters. The standard InChI is InChI=1S/Mg.Mn.OSi/c;;1-2. The van der Waals surface area contributed by atoms with Gasteiger partial charge in [0, 0.05) is 40.1 Å². The molecule has 0 aliphatic heterocycles. The first-order valence-corrected chi connectivity index (χ1v) is 0.612. The molecule has 0 amide bonds. The minimum Gasteiger partial charge on any atom is -0.381 e. The van der Waals surface area contributed by atoms with Gasteiger partial charge in [0.2, 0.25) is 0 Å². The van der Waals surface area contributed by atoms with E-state index in [9.17, 15) is 0 Å². The molecule has 0 N–H and O–H groups in total. The summed E-state index contributed by atoms with van der Waals surface area (Å²) in [5.74, 6) is 0. The van der Waals surface area contributed by atoms with Crippen molar-refractivity contribution in [2.75, 3.05) is 0 Å². The van der Waals surface area contributed by atoms with E-state index in [2.05, 4.69) is 0 Å². The zero-order chi connectivity index (χ0) is 2.00. The Bertz CT molecular complexity index is 8.00. The van der Waals surface area contributed by atoms with E-state index in [4.69, 9.17) is 4.46 Å². The first-order valence-electron chi connectivity index (χ1n) is 0.204. The van der Waals surface area contributed by atoms with Gasteiger partial charge in [0.05, 0.1) is 0 Å². The van der Waals surface area contributed by atoms with E-state index in [0.29, 0.717) is 0 Å². The number of rotatable bonds is 0. The Morgan fingerprint density at radius 2 is 1.25 bits per heavy atom. The molecule has 19 valence electrons. The smallest absolute Gasteiger partial charge is 0.381 e. The molecule has 0 bridgehead atoms. The van der Waals surface area contributed by atoms with Crippen LogP contribution in [0.15, 0.2) is 0 Å². The van der Waals surface area contributed by atoms with Crippen LogP contribution in [0.4, 0.5) is 0 Å². The van der Waals surface area contributed by atoms with E-state index in [1.807, 2.05) is 0 Å². The minimum atomic E-state index is 0. The second-order valence-electron chi connectivity index (χ2n) is 0. The Morgan fingerprint density at radius 3 is 1.25 bits per heavy atom. The molecule has 0 aliphatic carbocycles. The second-order valence-corrected chi connectivity index (χ2v) is 0. The van der Waals surface area contributed by atoms with Crippen molar-refractivity contribution < 1.29 is 21.5 Å². The zero-order valence-corrected chi connectivity index (χ0v) is 5.59. The molecule has 4 heteroatoms. The van der Waals surface area contributed by atoms with Crippen molar-refractivity contribution in [3.05, 3.63) is 0 Å². The topological polar surface area (TPSA) is 17.1 Å². The summed E-state index contributed by atoms with van der Waals surface area (Å²) in [6, 6.07) is 0. The molecule has 5 radical (unpaired) electrons. The van der Waals surface area contributed by atoms with Gasteiger partial charge in [-0.05, 0) is 0 Å². The van der Waals surface area contributed by atoms with Crippen LogP contribution in [-0.4, -0.2) is 33.2 Å². The van der Waals surface area contributed by atoms with Gasteiger partial charge in [-0.2, -0.15) is 0 Å². The molecule has 0 fully saturated rings. The van der Waals surface area contributed by atoms with Gasteiger partial charge in [-0.1, -0.05) is 0 Å². The van der Waals surface area contributed by atoms with Crippen LogP contribution in [0.25, 0.3) is 0 Å². The Labute approximate surface area is 54.6 Å². The summed E-state index contributed by atoms with van der Waals surface area (Å²) < 4.78 is 8.06. The normalized spacial score (nSPS) is 1.00. The van der Waals surface area contributed by atoms with E-state index in [1.165, 1.54) is 0 Å². The Morgan fingerprint density at radius 1 is 1.25 bits per heavy atom. The van der Waals surface area contributed by atoms with Crippen molar-refractivity contribution in [2.45, 2.75) is 0 Å². The van der Waals surface area contributed by atoms with Crippen molar-refractivity contribution >= 4 is 33.2 Å². The maximum absolute atomic E-state index is 8.06. The molecule has 0 aromatic heterocycles. The van der Waals surface area contributed by atoms with E-state index >= 15 is 0 Å². The minimum absolute atomic E-state index is 0. The average Bonchev–Trinajstić information content (AvgIpc) is 1.00. The van der Waals surface area contributed by atoms with Crippen molar-refractivity contribution in [3.63, 3.8) is 0 Å². The summed E-state index contributed by atoms with van der Waals surface area (Å²) in [6.45, 7) is 0. The fourth-order valence-electron chi connectivity index (χ4n) is 0. The van der Waals surface area contributed by atoms with E-state index in [0.717, 1.165) is 0 Å². The predicted octanol–water partition coefficient (Wildman–Crippen LogP) is -0.883. The van der Waals surface area contributed by atoms with Crippen molar-refractivity contribution in [1.29, 1.82) is 0 Å². The van der Waals surface area contributed by atoms with Gasteiger partial charge in [0.15, 0.2) is 0 Å². The predicted molar refractivity (Wildman–Crippen MR) is 12.2 cm³/mol. The third-order valence-electron chi connectivity index (χ3n) is 0. The van der Waals surface area contributed by atoms with Crippen molar-refractivity contribution in [2.24, 2.45) is 0 Å². The van der Waals surface area contributed by atoms with Crippen LogP contribution >= 0.6 is 0 Å². The summed E-state index contributed by atoms with van der Waals surface area (Å²) >= 11 is 0. The van der Waals surface area contributed by atoms with Gasteiger partial charge < -0.3 is 4.46 Å². The van der Waals surface area contributed by atoms with Gasteiger partial charge in [0.1, 0.15) is 0 Å². The van der Waals surface area contributed by atoms with Crippen molar-refractivity contribution in [1.82, 2.24) is 0 Å². The largest absolute Gasteiger partial charge is 0.381 e. The van der Waals surface area contributed by atoms with Crippen LogP contribution in [0, 0.1) is 0 Å². The maximum Gasteiger partial charge on any atom is 0.381 e. The summed E-state index contributed by atoms with van der Waals surface area (Å²) in [6.07, 6.45) is 0. The first kappa shape index (κ1) is 18.5. The quantitative estimate of drug-likeness (QED) is 0.382.